The summed E-state index contributed by atoms with van der Waals surface area (Å²) in [5, 5.41) is 12.4. The lowest BCUT2D eigenvalue weighted by Crippen LogP contribution is -2.27. The third-order valence-electron chi connectivity index (χ3n) is 4.21. The highest BCUT2D eigenvalue weighted by molar-refractivity contribution is 7.89. The number of sulfonamides is 1. The van der Waals surface area contributed by atoms with Gasteiger partial charge in [-0.3, -0.25) is 14.9 Å². The first kappa shape index (κ1) is 22.5. The lowest BCUT2D eigenvalue weighted by Gasteiger charge is -2.05. The van der Waals surface area contributed by atoms with Crippen molar-refractivity contribution in [1.29, 1.82) is 0 Å². The van der Waals surface area contributed by atoms with E-state index in [0.29, 0.717) is 29.4 Å². The largest absolute Gasteiger partial charge is 0.355 e. The van der Waals surface area contributed by atoms with E-state index in [-0.39, 0.29) is 17.2 Å². The highest BCUT2D eigenvalue weighted by Crippen LogP contribution is 2.17. The minimum absolute atomic E-state index is 0.0335. The molecule has 2 aromatic carbocycles. The van der Waals surface area contributed by atoms with E-state index in [1.807, 2.05) is 0 Å². The number of primary sulfonamides is 1. The molecule has 0 saturated carbocycles. The summed E-state index contributed by atoms with van der Waals surface area (Å²) in [6, 6.07) is 11.3. The van der Waals surface area contributed by atoms with Crippen molar-refractivity contribution < 1.29 is 22.4 Å². The van der Waals surface area contributed by atoms with E-state index in [2.05, 4.69) is 15.6 Å². The van der Waals surface area contributed by atoms with Gasteiger partial charge in [-0.15, -0.1) is 11.3 Å². The van der Waals surface area contributed by atoms with Gasteiger partial charge in [0.05, 0.1) is 17.0 Å². The summed E-state index contributed by atoms with van der Waals surface area (Å²) < 4.78 is 35.4. The highest BCUT2D eigenvalue weighted by atomic mass is 32.2. The van der Waals surface area contributed by atoms with Gasteiger partial charge in [-0.25, -0.2) is 22.9 Å². The fourth-order valence-corrected chi connectivity index (χ4v) is 3.86. The van der Waals surface area contributed by atoms with E-state index in [4.69, 9.17) is 5.14 Å². The first-order chi connectivity index (χ1) is 14.7. The molecule has 0 spiro atoms. The predicted molar refractivity (Wildman–Crippen MR) is 115 cm³/mol. The predicted octanol–water partition coefficient (Wildman–Crippen LogP) is 2.08. The number of carbonyl (C=O) groups is 2. The van der Waals surface area contributed by atoms with Crippen molar-refractivity contribution in [3.63, 3.8) is 0 Å². The summed E-state index contributed by atoms with van der Waals surface area (Å²) >= 11 is 1.19. The average Bonchev–Trinajstić information content (AvgIpc) is 3.14. The monoisotopic (exact) mass is 462 g/mol. The lowest BCUT2D eigenvalue weighted by atomic mass is 10.1. The summed E-state index contributed by atoms with van der Waals surface area (Å²) in [6.07, 6.45) is 0.569. The molecule has 11 heteroatoms. The molecule has 31 heavy (non-hydrogen) atoms. The molecule has 162 valence electrons. The van der Waals surface area contributed by atoms with Gasteiger partial charge in [0.15, 0.2) is 5.13 Å². The Morgan fingerprint density at radius 2 is 1.74 bits per heavy atom. The van der Waals surface area contributed by atoms with Crippen molar-refractivity contribution in [2.24, 2.45) is 5.14 Å². The molecule has 1 aromatic heterocycles. The Labute approximate surface area is 182 Å². The van der Waals surface area contributed by atoms with Crippen molar-refractivity contribution in [1.82, 2.24) is 10.3 Å². The SMILES string of the molecule is NS(=O)(=O)c1ccc(CCNC(=O)Cc2csc(NC(=O)c3ccc(F)cc3)n2)cc1. The Kier molecular flexibility index (Phi) is 7.10. The van der Waals surface area contributed by atoms with Crippen LogP contribution in [0.25, 0.3) is 0 Å². The quantitative estimate of drug-likeness (QED) is 0.472. The second-order valence-electron chi connectivity index (χ2n) is 6.57. The van der Waals surface area contributed by atoms with Crippen molar-refractivity contribution in [3.8, 4) is 0 Å². The molecule has 0 aliphatic rings. The van der Waals surface area contributed by atoms with Crippen LogP contribution < -0.4 is 15.8 Å². The van der Waals surface area contributed by atoms with Gasteiger partial charge >= 0.3 is 0 Å². The van der Waals surface area contributed by atoms with Crippen LogP contribution in [0.15, 0.2) is 58.8 Å². The lowest BCUT2D eigenvalue weighted by molar-refractivity contribution is -0.120. The van der Waals surface area contributed by atoms with Crippen LogP contribution in [0.3, 0.4) is 0 Å². The van der Waals surface area contributed by atoms with E-state index in [9.17, 15) is 22.4 Å². The zero-order valence-electron chi connectivity index (χ0n) is 16.2. The molecule has 1 heterocycles. The molecule has 3 aromatic rings. The van der Waals surface area contributed by atoms with E-state index < -0.39 is 21.7 Å². The molecule has 0 fully saturated rings. The van der Waals surface area contributed by atoms with E-state index in [1.165, 1.54) is 47.7 Å². The number of nitrogens with one attached hydrogen (secondary N) is 2. The molecule has 4 N–H and O–H groups in total. The molecule has 0 radical (unpaired) electrons. The number of nitrogens with zero attached hydrogens (tertiary/aromatic N) is 1. The number of hydrogen-bond acceptors (Lipinski definition) is 6. The Morgan fingerprint density at radius 1 is 1.06 bits per heavy atom. The molecule has 0 aliphatic heterocycles. The van der Waals surface area contributed by atoms with E-state index in [1.54, 1.807) is 17.5 Å². The first-order valence-corrected chi connectivity index (χ1v) is 11.5. The van der Waals surface area contributed by atoms with Crippen LogP contribution in [0.4, 0.5) is 9.52 Å². The summed E-state index contributed by atoms with van der Waals surface area (Å²) in [5.74, 6) is -1.08. The average molecular weight is 463 g/mol. The zero-order valence-corrected chi connectivity index (χ0v) is 17.8. The number of thiazole rings is 1. The minimum atomic E-state index is -3.73. The number of hydrogen-bond donors (Lipinski definition) is 3. The second-order valence-corrected chi connectivity index (χ2v) is 8.99. The summed E-state index contributed by atoms with van der Waals surface area (Å²) in [6.45, 7) is 0.367. The summed E-state index contributed by atoms with van der Waals surface area (Å²) in [7, 11) is -3.73. The van der Waals surface area contributed by atoms with Crippen LogP contribution >= 0.6 is 11.3 Å². The van der Waals surface area contributed by atoms with Gasteiger partial charge in [-0.2, -0.15) is 0 Å². The third kappa shape index (κ3) is 6.67. The van der Waals surface area contributed by atoms with Crippen molar-refractivity contribution in [3.05, 3.63) is 76.5 Å². The zero-order chi connectivity index (χ0) is 22.4. The van der Waals surface area contributed by atoms with Gasteiger partial charge in [-0.05, 0) is 48.4 Å². The van der Waals surface area contributed by atoms with Crippen molar-refractivity contribution in [2.75, 3.05) is 11.9 Å². The van der Waals surface area contributed by atoms with Gasteiger partial charge < -0.3 is 5.32 Å². The molecular weight excluding hydrogens is 443 g/mol. The maximum atomic E-state index is 12.9. The normalized spacial score (nSPS) is 11.2. The van der Waals surface area contributed by atoms with E-state index >= 15 is 0 Å². The first-order valence-electron chi connectivity index (χ1n) is 9.10. The fourth-order valence-electron chi connectivity index (χ4n) is 2.64. The summed E-state index contributed by atoms with van der Waals surface area (Å²) in [4.78, 5) is 28.5. The van der Waals surface area contributed by atoms with Crippen LogP contribution in [0, 0.1) is 5.82 Å². The number of anilines is 1. The molecule has 2 amide bonds. The van der Waals surface area contributed by atoms with E-state index in [0.717, 1.165) is 5.56 Å². The van der Waals surface area contributed by atoms with Crippen molar-refractivity contribution in [2.45, 2.75) is 17.7 Å². The summed E-state index contributed by atoms with van der Waals surface area (Å²) in [5.41, 5.74) is 1.66. The maximum absolute atomic E-state index is 12.9. The highest BCUT2D eigenvalue weighted by Gasteiger charge is 2.12. The smallest absolute Gasteiger partial charge is 0.257 e. The Bertz CT molecular complexity index is 1180. The van der Waals surface area contributed by atoms with Crippen LogP contribution in [-0.2, 0) is 27.7 Å². The standard InChI is InChI=1S/C20H19FN4O4S2/c21-15-5-3-14(4-6-15)19(27)25-20-24-16(12-30-20)11-18(26)23-10-9-13-1-7-17(8-2-13)31(22,28)29/h1-8,12H,9-11H2,(H,23,26)(H2,22,28,29)(H,24,25,27). The number of benzene rings is 2. The number of carbonyl (C=O) groups excluding carboxylic acids is 2. The van der Waals surface area contributed by atoms with Gasteiger partial charge in [0.2, 0.25) is 15.9 Å². The number of aromatic nitrogens is 1. The van der Waals surface area contributed by atoms with Gasteiger partial charge in [0.1, 0.15) is 5.82 Å². The maximum Gasteiger partial charge on any atom is 0.257 e. The van der Waals surface area contributed by atoms with Gasteiger partial charge in [0, 0.05) is 17.5 Å². The molecular formula is C20H19FN4O4S2. The minimum Gasteiger partial charge on any atom is -0.355 e. The molecule has 0 atom stereocenters. The third-order valence-corrected chi connectivity index (χ3v) is 5.94. The Morgan fingerprint density at radius 3 is 2.39 bits per heavy atom. The Balaban J connectivity index is 1.45. The van der Waals surface area contributed by atoms with Gasteiger partial charge in [-0.1, -0.05) is 12.1 Å². The van der Waals surface area contributed by atoms with Gasteiger partial charge in [0.25, 0.3) is 5.91 Å². The molecule has 0 bridgehead atoms. The van der Waals surface area contributed by atoms with Crippen LogP contribution in [0.2, 0.25) is 0 Å². The van der Waals surface area contributed by atoms with Crippen molar-refractivity contribution >= 4 is 38.3 Å². The Hall–Kier alpha value is -3.15. The molecule has 8 nitrogen and oxygen atoms in total. The van der Waals surface area contributed by atoms with Crippen LogP contribution in [0.5, 0.6) is 0 Å². The molecule has 0 saturated heterocycles. The van der Waals surface area contributed by atoms with Crippen LogP contribution in [0.1, 0.15) is 21.6 Å². The number of rotatable bonds is 8. The second kappa shape index (κ2) is 9.77. The molecule has 3 rings (SSSR count). The number of halogens is 1. The van der Waals surface area contributed by atoms with Crippen LogP contribution in [-0.4, -0.2) is 31.8 Å². The molecule has 0 aliphatic carbocycles. The molecule has 0 unspecified atom stereocenters. The topological polar surface area (TPSA) is 131 Å². The fraction of sp³-hybridized carbons (Fsp3) is 0.150. The number of amides is 2. The number of nitrogens with two attached hydrogens (primary N) is 1.